The molecule has 36 heavy (non-hydrogen) atoms. The molecule has 0 spiro atoms. The van der Waals surface area contributed by atoms with Crippen LogP contribution in [0, 0.1) is 5.92 Å². The van der Waals surface area contributed by atoms with Gasteiger partial charge >= 0.3 is 29.8 Å². The Morgan fingerprint density at radius 1 is 0.722 bits per heavy atom. The summed E-state index contributed by atoms with van der Waals surface area (Å²) in [4.78, 5) is 72.2. The number of ketones is 1. The van der Waals surface area contributed by atoms with Gasteiger partial charge in [0, 0.05) is 44.3 Å². The van der Waals surface area contributed by atoms with Crippen LogP contribution in [0.5, 0.6) is 0 Å². The molecule has 0 aromatic rings. The molecular weight excluding hydrogens is 480 g/mol. The van der Waals surface area contributed by atoms with Gasteiger partial charge in [-0.3, -0.25) is 19.2 Å². The number of carbonyl (C=O) groups is 6. The molecule has 202 valence electrons. The third-order valence-electron chi connectivity index (χ3n) is 5.22. The third-order valence-corrected chi connectivity index (χ3v) is 5.22. The van der Waals surface area contributed by atoms with Gasteiger partial charge in [0.05, 0.1) is 13.0 Å². The lowest BCUT2D eigenvalue weighted by Gasteiger charge is -2.44. The second-order valence-corrected chi connectivity index (χ2v) is 7.75. The lowest BCUT2D eigenvalue weighted by Crippen LogP contribution is -2.60. The van der Waals surface area contributed by atoms with Crippen molar-refractivity contribution in [2.24, 2.45) is 5.92 Å². The zero-order chi connectivity index (χ0) is 27.3. The van der Waals surface area contributed by atoms with Crippen LogP contribution >= 0.6 is 0 Å². The Balaban J connectivity index is 3.37. The van der Waals surface area contributed by atoms with Gasteiger partial charge in [-0.15, -0.1) is 0 Å². The number of hydrogen-bond acceptors (Lipinski definition) is 12. The van der Waals surface area contributed by atoms with E-state index in [4.69, 9.17) is 23.7 Å². The molecule has 1 fully saturated rings. The van der Waals surface area contributed by atoms with Crippen molar-refractivity contribution in [2.75, 3.05) is 13.7 Å². The van der Waals surface area contributed by atoms with Crippen LogP contribution < -0.4 is 0 Å². The Morgan fingerprint density at radius 2 is 1.25 bits per heavy atom. The normalized spacial score (nSPS) is 23.4. The fourth-order valence-electron chi connectivity index (χ4n) is 3.23. The number of methoxy groups -OCH3 is 1. The van der Waals surface area contributed by atoms with Crippen LogP contribution in [-0.2, 0) is 57.2 Å². The molecule has 12 heteroatoms. The van der Waals surface area contributed by atoms with Crippen LogP contribution in [0.15, 0.2) is 12.2 Å². The summed E-state index contributed by atoms with van der Waals surface area (Å²) in [5, 5.41) is 0. The number of rotatable bonds is 13. The van der Waals surface area contributed by atoms with Crippen LogP contribution in [0.1, 0.15) is 59.8 Å². The maximum absolute atomic E-state index is 12.4. The van der Waals surface area contributed by atoms with Gasteiger partial charge in [0.15, 0.2) is 12.2 Å². The van der Waals surface area contributed by atoms with Crippen molar-refractivity contribution in [1.29, 1.82) is 0 Å². The monoisotopic (exact) mass is 514 g/mol. The molecule has 1 heterocycles. The first-order valence-electron chi connectivity index (χ1n) is 11.8. The Bertz CT molecular complexity index is 833. The molecule has 1 rings (SSSR count). The van der Waals surface area contributed by atoms with E-state index < -0.39 is 67.0 Å². The van der Waals surface area contributed by atoms with Crippen molar-refractivity contribution >= 4 is 35.6 Å². The van der Waals surface area contributed by atoms with Crippen LogP contribution in [-0.4, -0.2) is 73.9 Å². The third kappa shape index (κ3) is 9.76. The molecule has 0 aromatic carbocycles. The Morgan fingerprint density at radius 3 is 1.78 bits per heavy atom. The second kappa shape index (κ2) is 15.7. The van der Waals surface area contributed by atoms with E-state index in [1.807, 2.05) is 0 Å². The molecule has 0 saturated carbocycles. The van der Waals surface area contributed by atoms with Crippen LogP contribution in [0.25, 0.3) is 0 Å². The lowest BCUT2D eigenvalue weighted by atomic mass is 9.86. The fourth-order valence-corrected chi connectivity index (χ4v) is 3.23. The van der Waals surface area contributed by atoms with E-state index in [2.05, 4.69) is 4.74 Å². The van der Waals surface area contributed by atoms with Gasteiger partial charge < -0.3 is 28.4 Å². The van der Waals surface area contributed by atoms with Gasteiger partial charge in [-0.2, -0.15) is 0 Å². The molecule has 0 bridgehead atoms. The van der Waals surface area contributed by atoms with Crippen LogP contribution in [0.4, 0.5) is 0 Å². The molecule has 0 radical (unpaired) electrons. The molecular formula is C24H34O12. The average Bonchev–Trinajstić information content (AvgIpc) is 2.88. The van der Waals surface area contributed by atoms with Crippen molar-refractivity contribution in [1.82, 2.24) is 0 Å². The highest BCUT2D eigenvalue weighted by Gasteiger charge is 2.52. The summed E-state index contributed by atoms with van der Waals surface area (Å²) in [6.45, 7) is 5.80. The SMILES string of the molecule is CCC(=O)C[C@H]1[C@H](OC(=O)CC)O[C@H](COC(=O)/C=C/C(=O)OC)[C@@H](OC(=O)CC)[C@@H]1OC(=O)CC. The van der Waals surface area contributed by atoms with E-state index in [1.165, 1.54) is 0 Å². The highest BCUT2D eigenvalue weighted by atomic mass is 16.7. The molecule has 0 amide bonds. The molecule has 1 saturated heterocycles. The lowest BCUT2D eigenvalue weighted by molar-refractivity contribution is -0.284. The smallest absolute Gasteiger partial charge is 0.331 e. The van der Waals surface area contributed by atoms with E-state index in [9.17, 15) is 28.8 Å². The summed E-state index contributed by atoms with van der Waals surface area (Å²) in [5.41, 5.74) is 0. The van der Waals surface area contributed by atoms with Crippen molar-refractivity contribution < 1.29 is 57.2 Å². The van der Waals surface area contributed by atoms with Gasteiger partial charge in [0.1, 0.15) is 18.5 Å². The zero-order valence-electron chi connectivity index (χ0n) is 21.2. The number of carbonyl (C=O) groups excluding carboxylic acids is 6. The van der Waals surface area contributed by atoms with Crippen molar-refractivity contribution in [2.45, 2.75) is 84.4 Å². The standard InChI is InChI=1S/C24H34O12/c1-6-14(25)12-15-22(34-17(26)7-2)23(35-18(27)8-3)16(33-24(15)36-19(28)9-4)13-32-21(30)11-10-20(29)31-5/h10-11,15-16,22-24H,6-9,12-13H2,1-5H3/b11-10+/t15-,16-,22-,23-,24+/m1/s1. The van der Waals surface area contributed by atoms with Crippen molar-refractivity contribution in [3.63, 3.8) is 0 Å². The maximum atomic E-state index is 12.4. The molecule has 0 aliphatic carbocycles. The maximum Gasteiger partial charge on any atom is 0.331 e. The molecule has 0 aromatic heterocycles. The first-order chi connectivity index (χ1) is 17.1. The van der Waals surface area contributed by atoms with Crippen molar-refractivity contribution in [3.05, 3.63) is 12.2 Å². The molecule has 0 unspecified atom stereocenters. The van der Waals surface area contributed by atoms with E-state index in [1.54, 1.807) is 27.7 Å². The number of Topliss-reactive ketones (excluding diaryl/α,β-unsaturated/α-hetero) is 1. The van der Waals surface area contributed by atoms with E-state index >= 15 is 0 Å². The predicted molar refractivity (Wildman–Crippen MR) is 121 cm³/mol. The Kier molecular flexibility index (Phi) is 13.4. The Labute approximate surface area is 209 Å². The van der Waals surface area contributed by atoms with Gasteiger partial charge in [-0.1, -0.05) is 27.7 Å². The van der Waals surface area contributed by atoms with Crippen LogP contribution in [0.2, 0.25) is 0 Å². The minimum atomic E-state index is -1.35. The number of esters is 5. The topological polar surface area (TPSA) is 158 Å². The van der Waals surface area contributed by atoms with Gasteiger partial charge in [0.25, 0.3) is 0 Å². The number of hydrogen-bond donors (Lipinski definition) is 0. The van der Waals surface area contributed by atoms with Gasteiger partial charge in [-0.25, -0.2) is 9.59 Å². The van der Waals surface area contributed by atoms with E-state index in [-0.39, 0.29) is 37.9 Å². The summed E-state index contributed by atoms with van der Waals surface area (Å²) >= 11 is 0. The molecule has 0 N–H and O–H groups in total. The van der Waals surface area contributed by atoms with E-state index in [0.29, 0.717) is 0 Å². The highest BCUT2D eigenvalue weighted by molar-refractivity contribution is 5.91. The van der Waals surface area contributed by atoms with E-state index in [0.717, 1.165) is 19.3 Å². The van der Waals surface area contributed by atoms with Gasteiger partial charge in [0.2, 0.25) is 6.29 Å². The van der Waals surface area contributed by atoms with Crippen molar-refractivity contribution in [3.8, 4) is 0 Å². The Hall–Kier alpha value is -3.28. The minimum Gasteiger partial charge on any atom is -0.466 e. The summed E-state index contributed by atoms with van der Waals surface area (Å²) < 4.78 is 31.9. The first-order valence-corrected chi connectivity index (χ1v) is 11.8. The quantitative estimate of drug-likeness (QED) is 0.199. The zero-order valence-corrected chi connectivity index (χ0v) is 21.2. The molecule has 5 atom stereocenters. The summed E-state index contributed by atoms with van der Waals surface area (Å²) in [6.07, 6.45) is -3.49. The second-order valence-electron chi connectivity index (χ2n) is 7.75. The number of ether oxygens (including phenoxy) is 6. The highest BCUT2D eigenvalue weighted by Crippen LogP contribution is 2.35. The van der Waals surface area contributed by atoms with Gasteiger partial charge in [-0.05, 0) is 0 Å². The summed E-state index contributed by atoms with van der Waals surface area (Å²) in [5.74, 6) is -4.87. The fraction of sp³-hybridized carbons (Fsp3) is 0.667. The summed E-state index contributed by atoms with van der Waals surface area (Å²) in [7, 11) is 1.13. The summed E-state index contributed by atoms with van der Waals surface area (Å²) in [6, 6.07) is 0. The average molecular weight is 515 g/mol. The predicted octanol–water partition coefficient (Wildman–Crippen LogP) is 1.57. The molecule has 1 aliphatic rings. The largest absolute Gasteiger partial charge is 0.466 e. The first kappa shape index (κ1) is 30.8. The van der Waals surface area contributed by atoms with Crippen LogP contribution in [0.3, 0.4) is 0 Å². The minimum absolute atomic E-state index is 0.0000563. The molecule has 12 nitrogen and oxygen atoms in total. The molecule has 1 aliphatic heterocycles.